The molecule has 120 valence electrons. The van der Waals surface area contributed by atoms with Gasteiger partial charge >= 0.3 is 0 Å². The van der Waals surface area contributed by atoms with Gasteiger partial charge in [0.25, 0.3) is 0 Å². The van der Waals surface area contributed by atoms with Crippen LogP contribution in [-0.4, -0.2) is 44.3 Å². The first-order valence-electron chi connectivity index (χ1n) is 7.65. The standard InChI is InChI=1S/C14H24N2O4S/c1-10(11-4-2-3-5-11)14(18)15-8-13(17)16-12-6-7-21(19,20)9-12/h10-12H,2-9H2,1H3,(H,15,18)(H,16,17). The molecule has 1 aliphatic heterocycles. The molecule has 1 saturated carbocycles. The van der Waals surface area contributed by atoms with Gasteiger partial charge in [0.15, 0.2) is 9.84 Å². The molecule has 1 heterocycles. The molecule has 0 aromatic rings. The fourth-order valence-corrected chi connectivity index (χ4v) is 4.86. The van der Waals surface area contributed by atoms with Crippen molar-refractivity contribution in [3.05, 3.63) is 0 Å². The number of carbonyl (C=O) groups is 2. The van der Waals surface area contributed by atoms with E-state index in [0.717, 1.165) is 12.8 Å². The zero-order valence-electron chi connectivity index (χ0n) is 12.4. The van der Waals surface area contributed by atoms with Crippen LogP contribution in [0.15, 0.2) is 0 Å². The summed E-state index contributed by atoms with van der Waals surface area (Å²) in [5, 5.41) is 5.32. The number of sulfone groups is 1. The van der Waals surface area contributed by atoms with Gasteiger partial charge in [-0.05, 0) is 25.2 Å². The Morgan fingerprint density at radius 2 is 1.86 bits per heavy atom. The Hall–Kier alpha value is -1.11. The molecule has 6 nitrogen and oxygen atoms in total. The maximum atomic E-state index is 12.0. The number of nitrogens with one attached hydrogen (secondary N) is 2. The quantitative estimate of drug-likeness (QED) is 0.759. The Bertz CT molecular complexity index is 497. The lowest BCUT2D eigenvalue weighted by molar-refractivity contribution is -0.129. The highest BCUT2D eigenvalue weighted by Gasteiger charge is 2.30. The molecule has 21 heavy (non-hydrogen) atoms. The van der Waals surface area contributed by atoms with Gasteiger partial charge in [0, 0.05) is 12.0 Å². The third kappa shape index (κ3) is 4.69. The van der Waals surface area contributed by atoms with E-state index in [2.05, 4.69) is 10.6 Å². The van der Waals surface area contributed by atoms with Crippen LogP contribution in [0.3, 0.4) is 0 Å². The van der Waals surface area contributed by atoms with E-state index in [1.807, 2.05) is 6.92 Å². The minimum absolute atomic E-state index is 0.00512. The molecule has 2 atom stereocenters. The highest BCUT2D eigenvalue weighted by Crippen LogP contribution is 2.31. The molecule has 2 rings (SSSR count). The second-order valence-corrected chi connectivity index (χ2v) is 8.45. The van der Waals surface area contributed by atoms with E-state index in [0.29, 0.717) is 12.3 Å². The van der Waals surface area contributed by atoms with Gasteiger partial charge in [-0.15, -0.1) is 0 Å². The normalized spacial score (nSPS) is 26.4. The first-order chi connectivity index (χ1) is 9.87. The van der Waals surface area contributed by atoms with Crippen LogP contribution in [-0.2, 0) is 19.4 Å². The smallest absolute Gasteiger partial charge is 0.239 e. The Balaban J connectivity index is 1.70. The molecule has 7 heteroatoms. The molecule has 2 fully saturated rings. The second-order valence-electron chi connectivity index (χ2n) is 6.22. The zero-order chi connectivity index (χ0) is 15.5. The zero-order valence-corrected chi connectivity index (χ0v) is 13.2. The van der Waals surface area contributed by atoms with Gasteiger partial charge in [0.2, 0.25) is 11.8 Å². The number of amides is 2. The topological polar surface area (TPSA) is 92.3 Å². The number of hydrogen-bond donors (Lipinski definition) is 2. The minimum Gasteiger partial charge on any atom is -0.351 e. The van der Waals surface area contributed by atoms with Gasteiger partial charge in [-0.25, -0.2) is 8.42 Å². The van der Waals surface area contributed by atoms with Gasteiger partial charge in [-0.1, -0.05) is 19.8 Å². The third-order valence-electron chi connectivity index (χ3n) is 4.54. The Morgan fingerprint density at radius 1 is 1.19 bits per heavy atom. The van der Waals surface area contributed by atoms with E-state index in [1.54, 1.807) is 0 Å². The van der Waals surface area contributed by atoms with E-state index in [1.165, 1.54) is 12.8 Å². The maximum Gasteiger partial charge on any atom is 0.239 e. The lowest BCUT2D eigenvalue weighted by Crippen LogP contribution is -2.44. The van der Waals surface area contributed by atoms with E-state index in [4.69, 9.17) is 0 Å². The van der Waals surface area contributed by atoms with Crippen LogP contribution in [0.2, 0.25) is 0 Å². The van der Waals surface area contributed by atoms with Crippen LogP contribution in [0.25, 0.3) is 0 Å². The van der Waals surface area contributed by atoms with Crippen LogP contribution >= 0.6 is 0 Å². The SMILES string of the molecule is CC(C(=O)NCC(=O)NC1CCS(=O)(=O)C1)C1CCCC1. The fraction of sp³-hybridized carbons (Fsp3) is 0.857. The van der Waals surface area contributed by atoms with Crippen LogP contribution in [0.1, 0.15) is 39.0 Å². The molecule has 0 radical (unpaired) electrons. The van der Waals surface area contributed by atoms with Crippen LogP contribution in [0.5, 0.6) is 0 Å². The van der Waals surface area contributed by atoms with Crippen LogP contribution < -0.4 is 10.6 Å². The molecular weight excluding hydrogens is 292 g/mol. The third-order valence-corrected chi connectivity index (χ3v) is 6.31. The number of carbonyl (C=O) groups excluding carboxylic acids is 2. The van der Waals surface area contributed by atoms with Crippen molar-refractivity contribution in [1.29, 1.82) is 0 Å². The largest absolute Gasteiger partial charge is 0.351 e. The Kier molecular flexibility index (Phi) is 5.24. The number of rotatable bonds is 5. The maximum absolute atomic E-state index is 12.0. The second kappa shape index (κ2) is 6.77. The molecule has 0 aromatic carbocycles. The first-order valence-corrected chi connectivity index (χ1v) is 9.47. The van der Waals surface area contributed by atoms with Gasteiger partial charge in [0.1, 0.15) is 0 Å². The minimum atomic E-state index is -3.00. The predicted molar refractivity (Wildman–Crippen MR) is 79.3 cm³/mol. The van der Waals surface area contributed by atoms with Gasteiger partial charge in [-0.2, -0.15) is 0 Å². The van der Waals surface area contributed by atoms with E-state index in [-0.39, 0.29) is 41.8 Å². The van der Waals surface area contributed by atoms with Gasteiger partial charge in [-0.3, -0.25) is 9.59 Å². The van der Waals surface area contributed by atoms with E-state index in [9.17, 15) is 18.0 Å². The summed E-state index contributed by atoms with van der Waals surface area (Å²) in [7, 11) is -3.00. The average molecular weight is 316 g/mol. The van der Waals surface area contributed by atoms with Crippen molar-refractivity contribution in [2.24, 2.45) is 11.8 Å². The van der Waals surface area contributed by atoms with Crippen molar-refractivity contribution in [3.63, 3.8) is 0 Å². The molecular formula is C14H24N2O4S. The molecule has 0 spiro atoms. The number of hydrogen-bond acceptors (Lipinski definition) is 4. The van der Waals surface area contributed by atoms with Crippen molar-refractivity contribution >= 4 is 21.7 Å². The summed E-state index contributed by atoms with van der Waals surface area (Å²) >= 11 is 0. The molecule has 2 N–H and O–H groups in total. The summed E-state index contributed by atoms with van der Waals surface area (Å²) < 4.78 is 22.6. The molecule has 0 aromatic heterocycles. The highest BCUT2D eigenvalue weighted by atomic mass is 32.2. The Labute approximate surface area is 126 Å². The average Bonchev–Trinajstić information content (AvgIpc) is 3.05. The summed E-state index contributed by atoms with van der Waals surface area (Å²) in [4.78, 5) is 23.7. The molecule has 2 amide bonds. The fourth-order valence-electron chi connectivity index (χ4n) is 3.19. The molecule has 1 aliphatic carbocycles. The van der Waals surface area contributed by atoms with E-state index >= 15 is 0 Å². The van der Waals surface area contributed by atoms with Crippen molar-refractivity contribution in [2.45, 2.75) is 45.1 Å². The summed E-state index contributed by atoms with van der Waals surface area (Å²) in [5.41, 5.74) is 0. The van der Waals surface area contributed by atoms with E-state index < -0.39 is 9.84 Å². The van der Waals surface area contributed by atoms with Crippen LogP contribution in [0.4, 0.5) is 0 Å². The molecule has 1 saturated heterocycles. The summed E-state index contributed by atoms with van der Waals surface area (Å²) in [5.74, 6) is 0.0918. The Morgan fingerprint density at radius 3 is 2.43 bits per heavy atom. The lowest BCUT2D eigenvalue weighted by atomic mass is 9.92. The summed E-state index contributed by atoms with van der Waals surface area (Å²) in [6.45, 7) is 1.83. The molecule has 2 unspecified atom stereocenters. The monoisotopic (exact) mass is 316 g/mol. The van der Waals surface area contributed by atoms with Gasteiger partial charge < -0.3 is 10.6 Å². The predicted octanol–water partition coefficient (Wildman–Crippen LogP) is 0.232. The van der Waals surface area contributed by atoms with Crippen molar-refractivity contribution < 1.29 is 18.0 Å². The highest BCUT2D eigenvalue weighted by molar-refractivity contribution is 7.91. The molecule has 2 aliphatic rings. The van der Waals surface area contributed by atoms with Crippen molar-refractivity contribution in [1.82, 2.24) is 10.6 Å². The van der Waals surface area contributed by atoms with Crippen molar-refractivity contribution in [2.75, 3.05) is 18.1 Å². The molecule has 0 bridgehead atoms. The first kappa shape index (κ1) is 16.3. The lowest BCUT2D eigenvalue weighted by Gasteiger charge is -2.18. The van der Waals surface area contributed by atoms with Crippen molar-refractivity contribution in [3.8, 4) is 0 Å². The van der Waals surface area contributed by atoms with Crippen LogP contribution in [0, 0.1) is 11.8 Å². The summed E-state index contributed by atoms with van der Waals surface area (Å²) in [6, 6.07) is -0.313. The van der Waals surface area contributed by atoms with Gasteiger partial charge in [0.05, 0.1) is 18.1 Å². The summed E-state index contributed by atoms with van der Waals surface area (Å²) in [6.07, 6.45) is 4.99.